The summed E-state index contributed by atoms with van der Waals surface area (Å²) in [5.74, 6) is 0.451. The molecule has 0 aliphatic carbocycles. The number of nitrogens with zero attached hydrogens (tertiary/aromatic N) is 1. The Bertz CT molecular complexity index is 1430. The number of carbonyl (C=O) groups excluding carboxylic acids is 1. The van der Waals surface area contributed by atoms with Crippen molar-refractivity contribution in [2.75, 3.05) is 35.4 Å². The number of rotatable bonds is 6. The van der Waals surface area contributed by atoms with Crippen LogP contribution in [0.1, 0.15) is 6.42 Å². The van der Waals surface area contributed by atoms with E-state index in [1.165, 1.54) is 0 Å². The number of methoxy groups -OCH3 is 1. The lowest BCUT2D eigenvalue weighted by Crippen LogP contribution is -2.44. The van der Waals surface area contributed by atoms with Crippen molar-refractivity contribution >= 4 is 49.1 Å². The third-order valence-electron chi connectivity index (χ3n) is 6.01. The minimum absolute atomic E-state index is 0.0203. The molecular formula is C25H24N2O5S. The Morgan fingerprint density at radius 1 is 1.06 bits per heavy atom. The van der Waals surface area contributed by atoms with Crippen LogP contribution in [0.2, 0.25) is 0 Å². The van der Waals surface area contributed by atoms with Gasteiger partial charge in [-0.2, -0.15) is 0 Å². The first-order chi connectivity index (χ1) is 15.9. The average molecular weight is 465 g/mol. The van der Waals surface area contributed by atoms with Crippen LogP contribution < -0.4 is 15.0 Å². The zero-order chi connectivity index (χ0) is 23.0. The fraction of sp³-hybridized carbons (Fsp3) is 0.240. The van der Waals surface area contributed by atoms with Crippen LogP contribution >= 0.6 is 0 Å². The van der Waals surface area contributed by atoms with E-state index in [2.05, 4.69) is 5.32 Å². The van der Waals surface area contributed by atoms with E-state index in [0.29, 0.717) is 29.1 Å². The molecule has 4 aromatic rings. The van der Waals surface area contributed by atoms with Gasteiger partial charge in [0.1, 0.15) is 16.9 Å². The molecule has 8 heteroatoms. The van der Waals surface area contributed by atoms with Crippen molar-refractivity contribution in [2.24, 2.45) is 0 Å². The molecule has 1 amide bonds. The van der Waals surface area contributed by atoms with Gasteiger partial charge in [0.05, 0.1) is 36.9 Å². The molecule has 1 fully saturated rings. The molecule has 0 saturated carbocycles. The number of sulfone groups is 1. The van der Waals surface area contributed by atoms with Gasteiger partial charge >= 0.3 is 0 Å². The largest absolute Gasteiger partial charge is 0.495 e. The molecule has 7 nitrogen and oxygen atoms in total. The third kappa shape index (κ3) is 4.14. The van der Waals surface area contributed by atoms with Gasteiger partial charge in [-0.05, 0) is 30.7 Å². The SMILES string of the molecule is COc1cc2c(cc1NCC(=O)N(c1ccccc1)[C@H]1CCS(=O)(=O)C1)oc1ccccc12. The summed E-state index contributed by atoms with van der Waals surface area (Å²) in [6, 6.07) is 20.3. The summed E-state index contributed by atoms with van der Waals surface area (Å²) in [6.07, 6.45) is 0.428. The summed E-state index contributed by atoms with van der Waals surface area (Å²) < 4.78 is 35.7. The summed E-state index contributed by atoms with van der Waals surface area (Å²) in [4.78, 5) is 14.9. The van der Waals surface area contributed by atoms with Gasteiger partial charge in [0, 0.05) is 22.5 Å². The van der Waals surface area contributed by atoms with Crippen molar-refractivity contribution in [3.8, 4) is 5.75 Å². The number of furan rings is 1. The van der Waals surface area contributed by atoms with Crippen molar-refractivity contribution in [1.29, 1.82) is 0 Å². The topological polar surface area (TPSA) is 88.9 Å². The highest BCUT2D eigenvalue weighted by molar-refractivity contribution is 7.91. The van der Waals surface area contributed by atoms with E-state index < -0.39 is 9.84 Å². The average Bonchev–Trinajstić information content (AvgIpc) is 3.36. The Kier molecular flexibility index (Phi) is 5.46. The van der Waals surface area contributed by atoms with Gasteiger partial charge in [0.2, 0.25) is 5.91 Å². The Hall–Kier alpha value is -3.52. The van der Waals surface area contributed by atoms with Gasteiger partial charge in [-0.3, -0.25) is 4.79 Å². The van der Waals surface area contributed by atoms with Crippen LogP contribution in [-0.4, -0.2) is 45.5 Å². The van der Waals surface area contributed by atoms with Crippen LogP contribution in [0.15, 0.2) is 71.1 Å². The van der Waals surface area contributed by atoms with E-state index in [-0.39, 0.29) is 30.0 Å². The minimum atomic E-state index is -3.14. The van der Waals surface area contributed by atoms with E-state index in [1.54, 1.807) is 12.0 Å². The maximum absolute atomic E-state index is 13.3. The first kappa shape index (κ1) is 21.3. The molecular weight excluding hydrogens is 440 g/mol. The normalized spacial score (nSPS) is 17.3. The van der Waals surface area contributed by atoms with Crippen molar-refractivity contribution in [3.63, 3.8) is 0 Å². The first-order valence-corrected chi connectivity index (χ1v) is 12.6. The van der Waals surface area contributed by atoms with Gasteiger partial charge in [0.25, 0.3) is 0 Å². The van der Waals surface area contributed by atoms with Gasteiger partial charge in [-0.25, -0.2) is 8.42 Å². The highest BCUT2D eigenvalue weighted by atomic mass is 32.2. The second kappa shape index (κ2) is 8.44. The first-order valence-electron chi connectivity index (χ1n) is 10.8. The molecule has 0 unspecified atom stereocenters. The molecule has 1 aliphatic rings. The molecule has 0 bridgehead atoms. The Morgan fingerprint density at radius 3 is 2.55 bits per heavy atom. The molecule has 1 atom stereocenters. The lowest BCUT2D eigenvalue weighted by molar-refractivity contribution is -0.117. The summed E-state index contributed by atoms with van der Waals surface area (Å²) >= 11 is 0. The fourth-order valence-corrected chi connectivity index (χ4v) is 6.14. The molecule has 1 aromatic heterocycles. The lowest BCUT2D eigenvalue weighted by atomic mass is 10.1. The van der Waals surface area contributed by atoms with Crippen molar-refractivity contribution < 1.29 is 22.4 Å². The van der Waals surface area contributed by atoms with Crippen molar-refractivity contribution in [1.82, 2.24) is 0 Å². The smallest absolute Gasteiger partial charge is 0.246 e. The predicted molar refractivity (Wildman–Crippen MR) is 130 cm³/mol. The lowest BCUT2D eigenvalue weighted by Gasteiger charge is -2.28. The highest BCUT2D eigenvalue weighted by Crippen LogP contribution is 2.36. The monoisotopic (exact) mass is 464 g/mol. The zero-order valence-corrected chi connectivity index (χ0v) is 19.0. The van der Waals surface area contributed by atoms with Gasteiger partial charge in [-0.1, -0.05) is 36.4 Å². The Morgan fingerprint density at radius 2 is 1.82 bits per heavy atom. The number of carbonyl (C=O) groups is 1. The van der Waals surface area contributed by atoms with Gasteiger partial charge in [0.15, 0.2) is 9.84 Å². The molecule has 3 aromatic carbocycles. The summed E-state index contributed by atoms with van der Waals surface area (Å²) in [7, 11) is -1.56. The number of ether oxygens (including phenoxy) is 1. The number of anilines is 2. The van der Waals surface area contributed by atoms with Crippen molar-refractivity contribution in [3.05, 3.63) is 66.7 Å². The number of hydrogen-bond acceptors (Lipinski definition) is 6. The van der Waals surface area contributed by atoms with Crippen LogP contribution in [0.25, 0.3) is 21.9 Å². The number of amides is 1. The number of para-hydroxylation sites is 2. The molecule has 0 radical (unpaired) electrons. The summed E-state index contributed by atoms with van der Waals surface area (Å²) in [6.45, 7) is -0.0203. The number of hydrogen-bond donors (Lipinski definition) is 1. The van der Waals surface area contributed by atoms with Crippen LogP contribution in [0.4, 0.5) is 11.4 Å². The summed E-state index contributed by atoms with van der Waals surface area (Å²) in [5, 5.41) is 5.09. The Balaban J connectivity index is 1.43. The van der Waals surface area contributed by atoms with Gasteiger partial charge < -0.3 is 19.4 Å². The van der Waals surface area contributed by atoms with E-state index in [0.717, 1.165) is 16.4 Å². The van der Waals surface area contributed by atoms with Crippen LogP contribution in [0.5, 0.6) is 5.75 Å². The number of fused-ring (bicyclic) bond motifs is 3. The van der Waals surface area contributed by atoms with Crippen LogP contribution in [0.3, 0.4) is 0 Å². The maximum atomic E-state index is 13.3. The van der Waals surface area contributed by atoms with Crippen molar-refractivity contribution in [2.45, 2.75) is 12.5 Å². The molecule has 1 saturated heterocycles. The second-order valence-electron chi connectivity index (χ2n) is 8.16. The van der Waals surface area contributed by atoms with E-state index in [1.807, 2.05) is 66.7 Å². The molecule has 0 spiro atoms. The quantitative estimate of drug-likeness (QED) is 0.460. The van der Waals surface area contributed by atoms with E-state index in [9.17, 15) is 13.2 Å². The molecule has 170 valence electrons. The number of benzene rings is 3. The standard InChI is InChI=1S/C25H24N2O5S/c1-31-24-13-20-19-9-5-6-10-22(19)32-23(20)14-21(24)26-15-25(28)27(17-7-3-2-4-8-17)18-11-12-33(29,30)16-18/h2-10,13-14,18,26H,11-12,15-16H2,1H3/t18-/m0/s1. The molecule has 2 heterocycles. The number of nitrogens with one attached hydrogen (secondary N) is 1. The molecule has 1 N–H and O–H groups in total. The maximum Gasteiger partial charge on any atom is 0.246 e. The highest BCUT2D eigenvalue weighted by Gasteiger charge is 2.35. The zero-order valence-electron chi connectivity index (χ0n) is 18.2. The third-order valence-corrected chi connectivity index (χ3v) is 7.76. The second-order valence-corrected chi connectivity index (χ2v) is 10.4. The predicted octanol–water partition coefficient (Wildman–Crippen LogP) is 4.23. The van der Waals surface area contributed by atoms with Crippen LogP contribution in [-0.2, 0) is 14.6 Å². The Labute approximate surface area is 191 Å². The van der Waals surface area contributed by atoms with Gasteiger partial charge in [-0.15, -0.1) is 0 Å². The molecule has 33 heavy (non-hydrogen) atoms. The fourth-order valence-electron chi connectivity index (χ4n) is 4.44. The molecule has 1 aliphatic heterocycles. The summed E-state index contributed by atoms with van der Waals surface area (Å²) in [5.41, 5.74) is 2.78. The van der Waals surface area contributed by atoms with E-state index >= 15 is 0 Å². The van der Waals surface area contributed by atoms with E-state index in [4.69, 9.17) is 9.15 Å². The van der Waals surface area contributed by atoms with Crippen LogP contribution in [0, 0.1) is 0 Å². The minimum Gasteiger partial charge on any atom is -0.495 e. The molecule has 5 rings (SSSR count).